The van der Waals surface area contributed by atoms with E-state index in [1.807, 2.05) is 24.3 Å². The van der Waals surface area contributed by atoms with Crippen LogP contribution in [-0.2, 0) is 0 Å². The summed E-state index contributed by atoms with van der Waals surface area (Å²) in [4.78, 5) is 24.9. The molecule has 1 aliphatic carbocycles. The van der Waals surface area contributed by atoms with Crippen LogP contribution in [0.5, 0.6) is 0 Å². The van der Waals surface area contributed by atoms with Crippen LogP contribution in [0.4, 0.5) is 0 Å². The predicted molar refractivity (Wildman–Crippen MR) is 79.3 cm³/mol. The highest BCUT2D eigenvalue weighted by molar-refractivity contribution is 6.41. The molecule has 100 valence electrons. The van der Waals surface area contributed by atoms with E-state index in [4.69, 9.17) is 4.42 Å². The zero-order valence-corrected chi connectivity index (χ0v) is 11.0. The van der Waals surface area contributed by atoms with E-state index in [2.05, 4.69) is 0 Å². The normalized spacial score (nSPS) is 13.8. The van der Waals surface area contributed by atoms with Crippen molar-refractivity contribution in [2.75, 3.05) is 0 Å². The smallest absolute Gasteiger partial charge is 0.197 e. The molecule has 0 amide bonds. The van der Waals surface area contributed by atoms with Crippen molar-refractivity contribution in [2.24, 2.45) is 0 Å². The number of furan rings is 1. The lowest BCUT2D eigenvalue weighted by molar-refractivity contribution is 0.0990. The molecule has 1 heterocycles. The molecule has 0 radical (unpaired) electrons. The Hall–Kier alpha value is -2.94. The number of carbonyl (C=O) groups excluding carboxylic acids is 2. The van der Waals surface area contributed by atoms with Gasteiger partial charge >= 0.3 is 0 Å². The lowest BCUT2D eigenvalue weighted by Gasteiger charge is -2.00. The van der Waals surface area contributed by atoms with Crippen LogP contribution in [0.3, 0.4) is 0 Å². The molecule has 3 nitrogen and oxygen atoms in total. The Morgan fingerprint density at radius 1 is 0.810 bits per heavy atom. The number of Topliss-reactive ketones (excluding diaryl/α,β-unsaturated/α-hetero) is 2. The number of hydrogen-bond donors (Lipinski definition) is 0. The van der Waals surface area contributed by atoms with E-state index in [1.165, 1.54) is 12.3 Å². The van der Waals surface area contributed by atoms with E-state index < -0.39 is 0 Å². The van der Waals surface area contributed by atoms with Gasteiger partial charge in [0.2, 0.25) is 0 Å². The summed E-state index contributed by atoms with van der Waals surface area (Å²) in [6.45, 7) is 0. The molecule has 1 aliphatic rings. The third-order valence-electron chi connectivity index (χ3n) is 3.69. The second kappa shape index (κ2) is 4.28. The molecule has 3 aromatic rings. The van der Waals surface area contributed by atoms with Gasteiger partial charge < -0.3 is 4.42 Å². The molecule has 0 saturated carbocycles. The zero-order chi connectivity index (χ0) is 14.4. The molecule has 0 aliphatic heterocycles. The van der Waals surface area contributed by atoms with Crippen LogP contribution in [0.1, 0.15) is 26.5 Å². The van der Waals surface area contributed by atoms with E-state index in [-0.39, 0.29) is 17.1 Å². The maximum Gasteiger partial charge on any atom is 0.197 e. The molecular weight excluding hydrogens is 264 g/mol. The molecule has 0 bridgehead atoms. The van der Waals surface area contributed by atoms with Crippen molar-refractivity contribution in [3.63, 3.8) is 0 Å². The van der Waals surface area contributed by atoms with Gasteiger partial charge in [-0.15, -0.1) is 0 Å². The summed E-state index contributed by atoms with van der Waals surface area (Å²) in [6, 6.07) is 14.7. The fraction of sp³-hybridized carbons (Fsp3) is 0. The van der Waals surface area contributed by atoms with Crippen LogP contribution >= 0.6 is 0 Å². The van der Waals surface area contributed by atoms with Crippen LogP contribution in [0, 0.1) is 0 Å². The second-order valence-electron chi connectivity index (χ2n) is 4.98. The highest BCUT2D eigenvalue weighted by Crippen LogP contribution is 2.31. The topological polar surface area (TPSA) is 47.3 Å². The van der Waals surface area contributed by atoms with Gasteiger partial charge in [0, 0.05) is 11.1 Å². The van der Waals surface area contributed by atoms with Crippen LogP contribution in [0.25, 0.3) is 16.8 Å². The lowest BCUT2D eigenvalue weighted by Crippen LogP contribution is -1.99. The highest BCUT2D eigenvalue weighted by Gasteiger charge is 2.33. The first-order valence-corrected chi connectivity index (χ1v) is 6.61. The number of ketones is 2. The summed E-state index contributed by atoms with van der Waals surface area (Å²) in [5, 5.41) is 1.91. The second-order valence-corrected chi connectivity index (χ2v) is 4.98. The average Bonchev–Trinajstić information content (AvgIpc) is 3.09. The monoisotopic (exact) mass is 274 g/mol. The molecule has 1 aromatic heterocycles. The number of rotatable bonds is 1. The van der Waals surface area contributed by atoms with E-state index >= 15 is 0 Å². The first-order chi connectivity index (χ1) is 10.2. The van der Waals surface area contributed by atoms with Crippen molar-refractivity contribution < 1.29 is 14.0 Å². The SMILES string of the molecule is O=C1C(=Cc2ccco2)C(=O)c2cc3ccccc3cc21. The Balaban J connectivity index is 1.92. The number of hydrogen-bond acceptors (Lipinski definition) is 3. The summed E-state index contributed by atoms with van der Waals surface area (Å²) in [5.41, 5.74) is 1.10. The fourth-order valence-electron chi connectivity index (χ4n) is 2.66. The molecule has 0 fully saturated rings. The predicted octanol–water partition coefficient (Wildman–Crippen LogP) is 3.90. The molecule has 0 atom stereocenters. The average molecular weight is 274 g/mol. The van der Waals surface area contributed by atoms with Crippen molar-refractivity contribution in [1.29, 1.82) is 0 Å². The minimum absolute atomic E-state index is 0.162. The van der Waals surface area contributed by atoms with Gasteiger partial charge in [0.1, 0.15) is 5.76 Å². The zero-order valence-electron chi connectivity index (χ0n) is 11.0. The molecule has 3 heteroatoms. The van der Waals surface area contributed by atoms with Crippen LogP contribution < -0.4 is 0 Å². The van der Waals surface area contributed by atoms with Crippen molar-refractivity contribution in [1.82, 2.24) is 0 Å². The summed E-state index contributed by atoms with van der Waals surface area (Å²) in [6.07, 6.45) is 3.02. The first kappa shape index (κ1) is 11.9. The van der Waals surface area contributed by atoms with Crippen molar-refractivity contribution in [2.45, 2.75) is 0 Å². The number of fused-ring (bicyclic) bond motifs is 2. The minimum Gasteiger partial charge on any atom is -0.465 e. The number of allylic oxidation sites excluding steroid dienone is 1. The van der Waals surface area contributed by atoms with Gasteiger partial charge in [0.25, 0.3) is 0 Å². The maximum absolute atomic E-state index is 12.4. The minimum atomic E-state index is -0.239. The van der Waals surface area contributed by atoms with Gasteiger partial charge in [-0.2, -0.15) is 0 Å². The Morgan fingerprint density at radius 3 is 1.95 bits per heavy atom. The van der Waals surface area contributed by atoms with E-state index in [1.54, 1.807) is 24.3 Å². The number of carbonyl (C=O) groups is 2. The van der Waals surface area contributed by atoms with Gasteiger partial charge in [-0.1, -0.05) is 24.3 Å². The lowest BCUT2D eigenvalue weighted by atomic mass is 10.0. The van der Waals surface area contributed by atoms with Crippen molar-refractivity contribution in [3.05, 3.63) is 77.3 Å². The molecule has 4 rings (SSSR count). The third kappa shape index (κ3) is 1.75. The highest BCUT2D eigenvalue weighted by atomic mass is 16.3. The van der Waals surface area contributed by atoms with Crippen LogP contribution in [-0.4, -0.2) is 11.6 Å². The maximum atomic E-state index is 12.4. The summed E-state index contributed by atoms with van der Waals surface area (Å²) < 4.78 is 5.19. The van der Waals surface area contributed by atoms with Gasteiger partial charge in [-0.3, -0.25) is 9.59 Å². The van der Waals surface area contributed by atoms with Gasteiger partial charge in [-0.25, -0.2) is 0 Å². The fourth-order valence-corrected chi connectivity index (χ4v) is 2.66. The van der Waals surface area contributed by atoms with Crippen molar-refractivity contribution in [3.8, 4) is 0 Å². The molecule has 0 saturated heterocycles. The summed E-state index contributed by atoms with van der Waals surface area (Å²) >= 11 is 0. The van der Waals surface area contributed by atoms with E-state index in [9.17, 15) is 9.59 Å². The molecule has 2 aromatic carbocycles. The van der Waals surface area contributed by atoms with Gasteiger partial charge in [0.05, 0.1) is 11.8 Å². The first-order valence-electron chi connectivity index (χ1n) is 6.61. The Kier molecular flexibility index (Phi) is 2.42. The van der Waals surface area contributed by atoms with Gasteiger partial charge in [0.15, 0.2) is 11.6 Å². The summed E-state index contributed by atoms with van der Waals surface area (Å²) in [7, 11) is 0. The van der Waals surface area contributed by atoms with E-state index in [0.717, 1.165) is 10.8 Å². The molecule has 0 unspecified atom stereocenters. The quantitative estimate of drug-likeness (QED) is 0.499. The van der Waals surface area contributed by atoms with Gasteiger partial charge in [-0.05, 0) is 41.1 Å². The molecule has 0 spiro atoms. The Morgan fingerprint density at radius 2 is 1.43 bits per heavy atom. The van der Waals surface area contributed by atoms with Crippen LogP contribution in [0.2, 0.25) is 0 Å². The standard InChI is InChI=1S/C18H10O3/c19-17-14-8-11-4-1-2-5-12(11)9-15(14)18(20)16(17)10-13-6-3-7-21-13/h1-10H. The largest absolute Gasteiger partial charge is 0.465 e. The Bertz CT molecular complexity index is 858. The van der Waals surface area contributed by atoms with Crippen LogP contribution in [0.15, 0.2) is 64.8 Å². The number of benzene rings is 2. The summed E-state index contributed by atoms with van der Waals surface area (Å²) in [5.74, 6) is 0.0263. The van der Waals surface area contributed by atoms with E-state index in [0.29, 0.717) is 16.9 Å². The molecule has 0 N–H and O–H groups in total. The molecule has 21 heavy (non-hydrogen) atoms. The van der Waals surface area contributed by atoms with Crippen molar-refractivity contribution >= 4 is 28.4 Å². The molecular formula is C18H10O3. The Labute approximate surface area is 120 Å². The third-order valence-corrected chi connectivity index (χ3v) is 3.69.